The van der Waals surface area contributed by atoms with E-state index in [0.29, 0.717) is 12.0 Å². The molecule has 0 spiro atoms. The maximum atomic E-state index is 14.4. The Hall–Kier alpha value is -3.61. The molecule has 0 aromatic heterocycles. The molecule has 0 bridgehead atoms. The van der Waals surface area contributed by atoms with Crippen LogP contribution in [0.2, 0.25) is 0 Å². The molecule has 40 heavy (non-hydrogen) atoms. The van der Waals surface area contributed by atoms with Gasteiger partial charge in [0, 0.05) is 11.7 Å². The molecular formula is C33H45N3O4. The summed E-state index contributed by atoms with van der Waals surface area (Å²) < 4.78 is 5.49. The van der Waals surface area contributed by atoms with Gasteiger partial charge in [-0.1, -0.05) is 69.8 Å². The zero-order chi connectivity index (χ0) is 29.8. The number of hydrogen-bond donors (Lipinski definition) is 2. The summed E-state index contributed by atoms with van der Waals surface area (Å²) >= 11 is 0. The van der Waals surface area contributed by atoms with Crippen molar-refractivity contribution in [3.8, 4) is 0 Å². The summed E-state index contributed by atoms with van der Waals surface area (Å²) in [5, 5.41) is 5.95. The molecule has 7 nitrogen and oxygen atoms in total. The first kappa shape index (κ1) is 30.9. The van der Waals surface area contributed by atoms with Crippen molar-refractivity contribution in [2.45, 2.75) is 92.0 Å². The number of carbonyl (C=O) groups excluding carboxylic acids is 3. The van der Waals surface area contributed by atoms with E-state index < -0.39 is 23.8 Å². The third-order valence-corrected chi connectivity index (χ3v) is 7.09. The highest BCUT2D eigenvalue weighted by atomic mass is 16.6. The van der Waals surface area contributed by atoms with Crippen molar-refractivity contribution in [1.82, 2.24) is 10.2 Å². The lowest BCUT2D eigenvalue weighted by molar-refractivity contribution is -0.142. The summed E-state index contributed by atoms with van der Waals surface area (Å²) in [5.41, 5.74) is 3.44. The highest BCUT2D eigenvalue weighted by molar-refractivity contribution is 6.00. The van der Waals surface area contributed by atoms with Crippen LogP contribution >= 0.6 is 0 Å². The van der Waals surface area contributed by atoms with Crippen molar-refractivity contribution in [2.75, 3.05) is 5.32 Å². The molecule has 1 fully saturated rings. The van der Waals surface area contributed by atoms with Crippen LogP contribution < -0.4 is 10.6 Å². The standard InChI is InChI=1S/C33H45N3O4/c1-10-24-15-12-16-25(19-24)29(30(37)35-28-21(4)13-11-14-22(28)5)36(27-18-23(27)6)31(38)26(17-20(2)3)34-32(39)40-33(7,8)9/h10-16,19-20,23,26-27,29H,1,17-18H2,2-9H3,(H,34,39)(H,35,37). The van der Waals surface area contributed by atoms with Crippen LogP contribution in [0, 0.1) is 25.7 Å². The number of anilines is 1. The predicted octanol–water partition coefficient (Wildman–Crippen LogP) is 6.80. The predicted molar refractivity (Wildman–Crippen MR) is 161 cm³/mol. The lowest BCUT2D eigenvalue weighted by atomic mass is 9.97. The molecule has 1 aliphatic carbocycles. The Bertz CT molecular complexity index is 1230. The van der Waals surface area contributed by atoms with Crippen LogP contribution in [0.3, 0.4) is 0 Å². The first-order valence-electron chi connectivity index (χ1n) is 14.1. The van der Waals surface area contributed by atoms with Crippen LogP contribution in [-0.2, 0) is 14.3 Å². The average molecular weight is 548 g/mol. The Morgan fingerprint density at radius 2 is 1.70 bits per heavy atom. The molecule has 3 amide bonds. The number of ether oxygens (including phenoxy) is 1. The highest BCUT2D eigenvalue weighted by Crippen LogP contribution is 2.41. The van der Waals surface area contributed by atoms with E-state index in [9.17, 15) is 14.4 Å². The lowest BCUT2D eigenvalue weighted by Gasteiger charge is -2.35. The third kappa shape index (κ3) is 7.96. The zero-order valence-corrected chi connectivity index (χ0v) is 25.2. The van der Waals surface area contributed by atoms with Crippen LogP contribution in [0.5, 0.6) is 0 Å². The highest BCUT2D eigenvalue weighted by Gasteiger charge is 2.48. The average Bonchev–Trinajstić information content (AvgIpc) is 3.58. The van der Waals surface area contributed by atoms with E-state index >= 15 is 0 Å². The monoisotopic (exact) mass is 547 g/mol. The largest absolute Gasteiger partial charge is 0.444 e. The van der Waals surface area contributed by atoms with E-state index in [-0.39, 0.29) is 29.7 Å². The minimum Gasteiger partial charge on any atom is -0.444 e. The topological polar surface area (TPSA) is 87.7 Å². The number of para-hydroxylation sites is 1. The second-order valence-corrected chi connectivity index (χ2v) is 12.4. The Morgan fingerprint density at radius 1 is 1.10 bits per heavy atom. The number of benzene rings is 2. The van der Waals surface area contributed by atoms with Crippen LogP contribution in [0.15, 0.2) is 49.0 Å². The number of alkyl carbamates (subject to hydrolysis) is 1. The molecule has 3 rings (SSSR count). The molecule has 7 heteroatoms. The summed E-state index contributed by atoms with van der Waals surface area (Å²) in [6.45, 7) is 19.2. The van der Waals surface area contributed by atoms with Gasteiger partial charge in [0.1, 0.15) is 17.7 Å². The molecule has 216 valence electrons. The summed E-state index contributed by atoms with van der Waals surface area (Å²) in [5.74, 6) is -0.247. The van der Waals surface area contributed by atoms with Gasteiger partial charge in [0.2, 0.25) is 5.91 Å². The van der Waals surface area contributed by atoms with Gasteiger partial charge in [0.15, 0.2) is 0 Å². The minimum absolute atomic E-state index is 0.119. The van der Waals surface area contributed by atoms with E-state index in [4.69, 9.17) is 4.74 Å². The molecule has 0 radical (unpaired) electrons. The quantitative estimate of drug-likeness (QED) is 0.342. The van der Waals surface area contributed by atoms with Gasteiger partial charge >= 0.3 is 6.09 Å². The lowest BCUT2D eigenvalue weighted by Crippen LogP contribution is -2.53. The molecule has 2 aromatic carbocycles. The molecule has 1 aliphatic rings. The fourth-order valence-corrected chi connectivity index (χ4v) is 4.99. The van der Waals surface area contributed by atoms with E-state index in [1.165, 1.54) is 0 Å². The van der Waals surface area contributed by atoms with E-state index in [1.807, 2.05) is 70.2 Å². The molecule has 4 atom stereocenters. The maximum absolute atomic E-state index is 14.4. The maximum Gasteiger partial charge on any atom is 0.408 e. The Kier molecular flexibility index (Phi) is 9.82. The number of nitrogens with one attached hydrogen (secondary N) is 2. The molecule has 2 aromatic rings. The summed E-state index contributed by atoms with van der Waals surface area (Å²) in [4.78, 5) is 43.1. The van der Waals surface area contributed by atoms with Gasteiger partial charge in [-0.25, -0.2) is 4.79 Å². The zero-order valence-electron chi connectivity index (χ0n) is 25.2. The van der Waals surface area contributed by atoms with E-state index in [1.54, 1.807) is 31.7 Å². The van der Waals surface area contributed by atoms with Gasteiger partial charge in [0.05, 0.1) is 0 Å². The van der Waals surface area contributed by atoms with Crippen LogP contribution in [0.1, 0.15) is 82.7 Å². The van der Waals surface area contributed by atoms with Crippen LogP contribution in [0.4, 0.5) is 10.5 Å². The summed E-state index contributed by atoms with van der Waals surface area (Å²) in [6, 6.07) is 11.5. The van der Waals surface area contributed by atoms with Crippen molar-refractivity contribution in [3.05, 3.63) is 71.3 Å². The van der Waals surface area contributed by atoms with Gasteiger partial charge in [-0.3, -0.25) is 9.59 Å². The van der Waals surface area contributed by atoms with Crippen molar-refractivity contribution in [1.29, 1.82) is 0 Å². The number of aryl methyl sites for hydroxylation is 2. The number of rotatable bonds is 10. The number of amides is 3. The normalized spacial score (nSPS) is 17.9. The number of hydrogen-bond acceptors (Lipinski definition) is 4. The van der Waals surface area contributed by atoms with Crippen molar-refractivity contribution in [2.24, 2.45) is 11.8 Å². The van der Waals surface area contributed by atoms with Gasteiger partial charge in [0.25, 0.3) is 5.91 Å². The molecular weight excluding hydrogens is 502 g/mol. The molecule has 0 heterocycles. The van der Waals surface area contributed by atoms with E-state index in [0.717, 1.165) is 28.8 Å². The number of nitrogens with zero attached hydrogens (tertiary/aromatic N) is 1. The first-order chi connectivity index (χ1) is 18.7. The van der Waals surface area contributed by atoms with Crippen molar-refractivity contribution >= 4 is 29.7 Å². The van der Waals surface area contributed by atoms with Gasteiger partial charge in [-0.2, -0.15) is 0 Å². The van der Waals surface area contributed by atoms with Crippen LogP contribution in [-0.4, -0.2) is 40.5 Å². The SMILES string of the molecule is C=Cc1cccc(C(C(=O)Nc2c(C)cccc2C)N(C(=O)C(CC(C)C)NC(=O)OC(C)(C)C)C2CC2C)c1. The summed E-state index contributed by atoms with van der Waals surface area (Å²) in [6.07, 6.45) is 2.26. The fourth-order valence-electron chi connectivity index (χ4n) is 4.99. The summed E-state index contributed by atoms with van der Waals surface area (Å²) in [7, 11) is 0. The van der Waals surface area contributed by atoms with E-state index in [2.05, 4.69) is 24.1 Å². The Morgan fingerprint density at radius 3 is 2.23 bits per heavy atom. The Labute approximate surface area is 239 Å². The van der Waals surface area contributed by atoms with Crippen molar-refractivity contribution < 1.29 is 19.1 Å². The minimum atomic E-state index is -0.906. The van der Waals surface area contributed by atoms with Gasteiger partial charge in [-0.15, -0.1) is 0 Å². The number of carbonyl (C=O) groups is 3. The molecule has 2 N–H and O–H groups in total. The second-order valence-electron chi connectivity index (χ2n) is 12.4. The smallest absolute Gasteiger partial charge is 0.408 e. The molecule has 0 saturated heterocycles. The van der Waals surface area contributed by atoms with Crippen LogP contribution in [0.25, 0.3) is 6.08 Å². The molecule has 0 aliphatic heterocycles. The Balaban J connectivity index is 2.08. The molecule has 4 unspecified atom stereocenters. The van der Waals surface area contributed by atoms with Gasteiger partial charge in [-0.05, 0) is 87.6 Å². The second kappa shape index (κ2) is 12.7. The molecule has 1 saturated carbocycles. The first-order valence-corrected chi connectivity index (χ1v) is 14.1. The van der Waals surface area contributed by atoms with Gasteiger partial charge < -0.3 is 20.3 Å². The fraction of sp³-hybridized carbons (Fsp3) is 0.485. The third-order valence-electron chi connectivity index (χ3n) is 7.09. The van der Waals surface area contributed by atoms with Crippen molar-refractivity contribution in [3.63, 3.8) is 0 Å².